The zero-order valence-electron chi connectivity index (χ0n) is 56.1. The minimum atomic E-state index is -2.18. The molecule has 92 heavy (non-hydrogen) atoms. The van der Waals surface area contributed by atoms with Gasteiger partial charge in [-0.2, -0.15) is 0 Å². The molecule has 23 nitrogen and oxygen atoms in total. The summed E-state index contributed by atoms with van der Waals surface area (Å²) in [6.45, 7) is 31.7. The topological polar surface area (TPSA) is 283 Å². The molecule has 2 heterocycles. The van der Waals surface area contributed by atoms with Crippen LogP contribution in [0.25, 0.3) is 0 Å². The summed E-state index contributed by atoms with van der Waals surface area (Å²) in [4.78, 5) is 97.1. The molecule has 0 spiro atoms. The second kappa shape index (κ2) is 31.9. The predicted molar refractivity (Wildman–Crippen MR) is 356 cm³/mol. The highest BCUT2D eigenvalue weighted by Gasteiger charge is 2.42. The van der Waals surface area contributed by atoms with Crippen LogP contribution in [0.5, 0.6) is 28.7 Å². The van der Waals surface area contributed by atoms with Crippen molar-refractivity contribution in [3.63, 3.8) is 0 Å². The fraction of sp³-hybridized carbons (Fsp3) is 0.507. The Labute approximate surface area is 543 Å². The summed E-state index contributed by atoms with van der Waals surface area (Å²) in [5.74, 6) is -1.34. The van der Waals surface area contributed by atoms with Crippen molar-refractivity contribution in [2.45, 2.75) is 168 Å². The van der Waals surface area contributed by atoms with Gasteiger partial charge in [0.1, 0.15) is 44.3 Å². The number of methoxy groups -OCH3 is 2. The number of rotatable bonds is 28. The first-order valence-corrected chi connectivity index (χ1v) is 36.9. The number of nitrogens with one attached hydrogen (secondary N) is 4. The first-order valence-electron chi connectivity index (χ1n) is 31.1. The molecule has 0 unspecified atom stereocenters. The first-order chi connectivity index (χ1) is 43.3. The summed E-state index contributed by atoms with van der Waals surface area (Å²) in [7, 11) is -1.39. The number of primary amides is 1. The average Bonchev–Trinajstić information content (AvgIpc) is 1.39. The Balaban J connectivity index is 1.17. The molecule has 6 rings (SSSR count). The number of carbonyl (C=O) groups is 7. The van der Waals surface area contributed by atoms with E-state index in [0.717, 1.165) is 25.7 Å². The number of nitrogens with two attached hydrogens (primary N) is 1. The van der Waals surface area contributed by atoms with Gasteiger partial charge in [0.25, 0.3) is 11.8 Å². The van der Waals surface area contributed by atoms with E-state index in [1.807, 2.05) is 24.3 Å². The van der Waals surface area contributed by atoms with Crippen molar-refractivity contribution < 1.29 is 75.6 Å². The molecule has 0 bridgehead atoms. The number of carbonyl (C=O) groups excluding carboxylic acids is 7. The summed E-state index contributed by atoms with van der Waals surface area (Å²) >= 11 is 0. The third-order valence-electron chi connectivity index (χ3n) is 17.3. The third kappa shape index (κ3) is 19.7. The van der Waals surface area contributed by atoms with Crippen LogP contribution in [0.4, 0.5) is 25.8 Å². The molecule has 0 radical (unpaired) electrons. The van der Waals surface area contributed by atoms with Crippen molar-refractivity contribution in [2.24, 2.45) is 11.7 Å². The Morgan fingerprint density at radius 1 is 0.620 bits per heavy atom. The summed E-state index contributed by atoms with van der Waals surface area (Å²) < 4.78 is 53.5. The highest BCUT2D eigenvalue weighted by atomic mass is 28.4. The van der Waals surface area contributed by atoms with Crippen LogP contribution in [0.2, 0.25) is 36.3 Å². The van der Waals surface area contributed by atoms with Crippen LogP contribution in [0, 0.1) is 5.92 Å². The molecule has 502 valence electrons. The third-order valence-corrected chi connectivity index (χ3v) is 26.3. The number of likely N-dealkylation sites (tertiary alicyclic amines) is 2. The molecule has 6 N–H and O–H groups in total. The van der Waals surface area contributed by atoms with E-state index in [0.29, 0.717) is 48.7 Å². The maximum atomic E-state index is 14.8. The highest BCUT2D eigenvalue weighted by Crippen LogP contribution is 2.42. The van der Waals surface area contributed by atoms with Gasteiger partial charge in [0.05, 0.1) is 56.3 Å². The number of ether oxygens (including phenoxy) is 7. The summed E-state index contributed by atoms with van der Waals surface area (Å²) in [5.41, 5.74) is 8.27. The molecule has 0 aromatic heterocycles. The van der Waals surface area contributed by atoms with Crippen molar-refractivity contribution in [1.29, 1.82) is 0 Å². The molecule has 4 aromatic carbocycles. The van der Waals surface area contributed by atoms with Crippen LogP contribution in [0.1, 0.15) is 125 Å². The second-order valence-electron chi connectivity index (χ2n) is 26.5. The maximum Gasteiger partial charge on any atom is 0.411 e. The fourth-order valence-electron chi connectivity index (χ4n) is 9.76. The molecule has 2 aliphatic heterocycles. The largest absolute Gasteiger partial charge is 0.493 e. The van der Waals surface area contributed by atoms with Crippen LogP contribution in [0.15, 0.2) is 85.5 Å². The number of amides is 7. The van der Waals surface area contributed by atoms with Gasteiger partial charge in [-0.15, -0.1) is 0 Å². The van der Waals surface area contributed by atoms with Crippen LogP contribution < -0.4 is 50.7 Å². The number of nitrogens with zero attached hydrogens (tertiary/aromatic N) is 2. The van der Waals surface area contributed by atoms with Crippen molar-refractivity contribution in [2.75, 3.05) is 57.8 Å². The lowest BCUT2D eigenvalue weighted by atomic mass is 10.0. The Morgan fingerprint density at radius 3 is 1.64 bits per heavy atom. The number of hydrogen-bond donors (Lipinski definition) is 5. The van der Waals surface area contributed by atoms with E-state index in [1.54, 1.807) is 54.0 Å². The molecule has 2 aliphatic rings. The van der Waals surface area contributed by atoms with E-state index in [9.17, 15) is 33.6 Å². The van der Waals surface area contributed by atoms with Crippen LogP contribution >= 0.6 is 0 Å². The fourth-order valence-corrected chi connectivity index (χ4v) is 11.8. The smallest absolute Gasteiger partial charge is 0.411 e. The normalized spacial score (nSPS) is 15.8. The molecule has 7 amide bonds. The molecular weight excluding hydrogens is 1210 g/mol. The van der Waals surface area contributed by atoms with Gasteiger partial charge in [-0.25, -0.2) is 14.4 Å². The van der Waals surface area contributed by atoms with Gasteiger partial charge < -0.3 is 73.5 Å². The Hall–Kier alpha value is -8.14. The molecule has 2 saturated heterocycles. The lowest BCUT2D eigenvalue weighted by molar-refractivity contribution is -0.128. The van der Waals surface area contributed by atoms with Gasteiger partial charge in [-0.1, -0.05) is 98.4 Å². The van der Waals surface area contributed by atoms with Crippen molar-refractivity contribution in [3.8, 4) is 28.7 Å². The van der Waals surface area contributed by atoms with Gasteiger partial charge in [-0.3, -0.25) is 24.5 Å². The van der Waals surface area contributed by atoms with Crippen LogP contribution in [-0.4, -0.2) is 140 Å². The maximum absolute atomic E-state index is 14.8. The van der Waals surface area contributed by atoms with Gasteiger partial charge in [0.15, 0.2) is 39.6 Å². The van der Waals surface area contributed by atoms with Crippen molar-refractivity contribution >= 4 is 69.9 Å². The molecule has 2 fully saturated rings. The second-order valence-corrected chi connectivity index (χ2v) is 36.1. The van der Waals surface area contributed by atoms with E-state index >= 15 is 0 Å². The van der Waals surface area contributed by atoms with Crippen LogP contribution in [-0.2, 0) is 47.7 Å². The standard InChI is InChI=1S/C67H95N7O16Si2/c1-17-31-84-65(81)72-58(42(2)3)60(76)69-43(4)59(75)70-47-27-25-44(26-28-47)37-87-64(80)71-52-35-56(54(82-11)33-50(52)61(77)73-29-19-23-48(73)40-88-91(13,14)66(5,6)7)85-38-45-21-18-22-46(32-45)39-86-57-36-53(90-63(68)79)51(34-55(57)83-12)62(78)74-30-20-24-49(74)41-89-92(15,16)67(8,9)10/h17-18,21-22,25-28,32-36,42-43,48-49,58H,1,19-20,23-24,29-31,37-41H2,2-16H3,(H2,68,79)(H,69,76)(H,70,75)(H,71,80)(H,72,81)/t43-,48-,49-,58-/m0/s1. The molecule has 25 heteroatoms. The van der Waals surface area contributed by atoms with Crippen molar-refractivity contribution in [1.82, 2.24) is 20.4 Å². The van der Waals surface area contributed by atoms with Crippen molar-refractivity contribution in [3.05, 3.63) is 113 Å². The van der Waals surface area contributed by atoms with E-state index < -0.39 is 58.8 Å². The molecule has 4 aromatic rings. The Bertz CT molecular complexity index is 3270. The molecule has 0 saturated carbocycles. The Morgan fingerprint density at radius 2 is 1.14 bits per heavy atom. The van der Waals surface area contributed by atoms with Gasteiger partial charge in [-0.05, 0) is 116 Å². The minimum absolute atomic E-state index is 0.00427. The monoisotopic (exact) mass is 1310 g/mol. The number of alkyl carbamates (subject to hydrolysis) is 1. The van der Waals surface area contributed by atoms with Gasteiger partial charge in [0.2, 0.25) is 11.8 Å². The van der Waals surface area contributed by atoms with E-state index in [-0.39, 0.29) is 112 Å². The first kappa shape index (κ1) is 72.9. The minimum Gasteiger partial charge on any atom is -0.493 e. The van der Waals surface area contributed by atoms with E-state index in [2.05, 4.69) is 95.6 Å². The average molecular weight is 1310 g/mol. The number of anilines is 2. The molecular formula is C67H95N7O16Si2. The summed E-state index contributed by atoms with van der Waals surface area (Å²) in [5, 5.41) is 10.6. The SMILES string of the molecule is C=CCOC(=O)N[C@H](C(=O)N[C@@H](C)C(=O)Nc1ccc(COC(=O)Nc2cc(OCc3cccc(COc4cc(OC(N)=O)c(C(=O)N5CCC[C@H]5CO[Si](C)(C)C(C)(C)C)cc4OC)c3)c(OC)cc2C(=O)N2CCC[C@H]2CO[Si](C)(C)C(C)(C)C)cc1)C(C)C. The predicted octanol–water partition coefficient (Wildman–Crippen LogP) is 11.7. The Kier molecular flexibility index (Phi) is 25.3. The quantitative estimate of drug-likeness (QED) is 0.0261. The zero-order chi connectivity index (χ0) is 67.9. The molecule has 0 aliphatic carbocycles. The number of hydrogen-bond acceptors (Lipinski definition) is 16. The van der Waals surface area contributed by atoms with E-state index in [1.165, 1.54) is 45.4 Å². The zero-order valence-corrected chi connectivity index (χ0v) is 58.1. The van der Waals surface area contributed by atoms with Crippen LogP contribution in [0.3, 0.4) is 0 Å². The lowest BCUT2D eigenvalue weighted by Crippen LogP contribution is -2.53. The number of benzene rings is 4. The summed E-state index contributed by atoms with van der Waals surface area (Å²) in [6.07, 6.45) is 1.67. The summed E-state index contributed by atoms with van der Waals surface area (Å²) in [6, 6.07) is 17.6. The van der Waals surface area contributed by atoms with Gasteiger partial charge in [0, 0.05) is 37.0 Å². The molecule has 4 atom stereocenters. The lowest BCUT2D eigenvalue weighted by Gasteiger charge is -2.38. The van der Waals surface area contributed by atoms with E-state index in [4.69, 9.17) is 47.7 Å². The van der Waals surface area contributed by atoms with Gasteiger partial charge >= 0.3 is 18.3 Å². The highest BCUT2D eigenvalue weighted by molar-refractivity contribution is 6.74.